The molecule has 0 atom stereocenters. The van der Waals surface area contributed by atoms with Crippen molar-refractivity contribution in [3.8, 4) is 0 Å². The molecule has 1 aromatic rings. The van der Waals surface area contributed by atoms with Crippen LogP contribution in [0.5, 0.6) is 0 Å². The molecular formula is C14H19FN2O2. The minimum atomic E-state index is -0.496. The number of amides is 1. The molecule has 0 fully saturated rings. The molecule has 0 saturated heterocycles. The second kappa shape index (κ2) is 6.87. The van der Waals surface area contributed by atoms with E-state index in [1.165, 1.54) is 18.2 Å². The second-order valence-electron chi connectivity index (χ2n) is 4.57. The van der Waals surface area contributed by atoms with Crippen molar-refractivity contribution in [2.75, 3.05) is 18.0 Å². The van der Waals surface area contributed by atoms with E-state index in [1.807, 2.05) is 20.8 Å². The molecule has 0 aliphatic carbocycles. The van der Waals surface area contributed by atoms with E-state index < -0.39 is 5.82 Å². The third kappa shape index (κ3) is 4.35. The molecule has 1 N–H and O–H groups in total. The third-order valence-corrected chi connectivity index (χ3v) is 2.61. The van der Waals surface area contributed by atoms with Crippen LogP contribution in [0.2, 0.25) is 0 Å². The minimum Gasteiger partial charge on any atom is -0.360 e. The average molecular weight is 266 g/mol. The van der Waals surface area contributed by atoms with E-state index in [9.17, 15) is 14.0 Å². The molecule has 104 valence electrons. The molecule has 5 heteroatoms. The highest BCUT2D eigenvalue weighted by Gasteiger charge is 2.14. The largest absolute Gasteiger partial charge is 0.360 e. The third-order valence-electron chi connectivity index (χ3n) is 2.61. The van der Waals surface area contributed by atoms with Crippen molar-refractivity contribution in [2.24, 2.45) is 0 Å². The Morgan fingerprint density at radius 2 is 2.16 bits per heavy atom. The first-order chi connectivity index (χ1) is 8.97. The van der Waals surface area contributed by atoms with Gasteiger partial charge in [-0.2, -0.15) is 0 Å². The summed E-state index contributed by atoms with van der Waals surface area (Å²) in [5.74, 6) is -0.653. The van der Waals surface area contributed by atoms with Crippen LogP contribution < -0.4 is 10.2 Å². The number of carbonyl (C=O) groups is 2. The Morgan fingerprint density at radius 1 is 1.47 bits per heavy atom. The lowest BCUT2D eigenvalue weighted by Gasteiger charge is -2.23. The number of benzene rings is 1. The number of hydrogen-bond donors (Lipinski definition) is 1. The zero-order chi connectivity index (χ0) is 14.4. The summed E-state index contributed by atoms with van der Waals surface area (Å²) in [7, 11) is 0. The number of likely N-dealkylation sites (N-methyl/N-ethyl adjacent to an activating group) is 1. The van der Waals surface area contributed by atoms with Gasteiger partial charge in [0, 0.05) is 18.2 Å². The maximum Gasteiger partial charge on any atom is 0.239 e. The van der Waals surface area contributed by atoms with Gasteiger partial charge in [0.1, 0.15) is 12.1 Å². The Morgan fingerprint density at radius 3 is 2.63 bits per heavy atom. The number of halogens is 1. The Labute approximate surface area is 112 Å². The van der Waals surface area contributed by atoms with Crippen LogP contribution in [0.25, 0.3) is 0 Å². The van der Waals surface area contributed by atoms with Crippen LogP contribution in [-0.2, 0) is 4.79 Å². The second-order valence-corrected chi connectivity index (χ2v) is 4.57. The SMILES string of the molecule is CCN(CC(=O)NC(C)C)c1ccc(C=O)cc1F. The van der Waals surface area contributed by atoms with E-state index in [4.69, 9.17) is 0 Å². The number of hydrogen-bond acceptors (Lipinski definition) is 3. The zero-order valence-electron chi connectivity index (χ0n) is 11.4. The van der Waals surface area contributed by atoms with Gasteiger partial charge in [0.05, 0.1) is 12.2 Å². The van der Waals surface area contributed by atoms with E-state index in [1.54, 1.807) is 4.90 Å². The van der Waals surface area contributed by atoms with Gasteiger partial charge in [0.2, 0.25) is 5.91 Å². The summed E-state index contributed by atoms with van der Waals surface area (Å²) in [6, 6.07) is 4.28. The van der Waals surface area contributed by atoms with Crippen LogP contribution in [0.3, 0.4) is 0 Å². The van der Waals surface area contributed by atoms with Crippen molar-refractivity contribution < 1.29 is 14.0 Å². The van der Waals surface area contributed by atoms with Gasteiger partial charge in [0.15, 0.2) is 0 Å². The fourth-order valence-electron chi connectivity index (χ4n) is 1.76. The molecule has 0 saturated carbocycles. The van der Waals surface area contributed by atoms with Gasteiger partial charge in [-0.15, -0.1) is 0 Å². The average Bonchev–Trinajstić information content (AvgIpc) is 2.35. The van der Waals surface area contributed by atoms with Crippen LogP contribution in [0.4, 0.5) is 10.1 Å². The minimum absolute atomic E-state index is 0.0495. The topological polar surface area (TPSA) is 49.4 Å². The summed E-state index contributed by atoms with van der Waals surface area (Å²) < 4.78 is 13.9. The van der Waals surface area contributed by atoms with Gasteiger partial charge in [-0.3, -0.25) is 9.59 Å². The molecule has 0 unspecified atom stereocenters. The Balaban J connectivity index is 2.85. The molecule has 4 nitrogen and oxygen atoms in total. The molecule has 0 bridgehead atoms. The molecule has 0 aromatic heterocycles. The van der Waals surface area contributed by atoms with Gasteiger partial charge in [-0.05, 0) is 39.0 Å². The monoisotopic (exact) mass is 266 g/mol. The van der Waals surface area contributed by atoms with E-state index in [-0.39, 0.29) is 24.1 Å². The van der Waals surface area contributed by atoms with Crippen molar-refractivity contribution in [1.82, 2.24) is 5.32 Å². The molecule has 0 spiro atoms. The molecule has 1 amide bonds. The molecule has 1 rings (SSSR count). The van der Waals surface area contributed by atoms with Crippen LogP contribution in [-0.4, -0.2) is 31.3 Å². The van der Waals surface area contributed by atoms with Crippen molar-refractivity contribution in [3.63, 3.8) is 0 Å². The summed E-state index contributed by atoms with van der Waals surface area (Å²) in [6.45, 7) is 6.17. The first-order valence-corrected chi connectivity index (χ1v) is 6.27. The highest BCUT2D eigenvalue weighted by Crippen LogP contribution is 2.19. The zero-order valence-corrected chi connectivity index (χ0v) is 11.4. The summed E-state index contributed by atoms with van der Waals surface area (Å²) in [6.07, 6.45) is 0.592. The number of anilines is 1. The van der Waals surface area contributed by atoms with Crippen molar-refractivity contribution in [1.29, 1.82) is 0 Å². The van der Waals surface area contributed by atoms with Gasteiger partial charge >= 0.3 is 0 Å². The van der Waals surface area contributed by atoms with Gasteiger partial charge < -0.3 is 10.2 Å². The molecule has 0 radical (unpaired) electrons. The standard InChI is InChI=1S/C14H19FN2O2/c1-4-17(8-14(19)16-10(2)3)13-6-5-11(9-18)7-12(13)15/h5-7,9-10H,4,8H2,1-3H3,(H,16,19). The Kier molecular flexibility index (Phi) is 5.48. The van der Waals surface area contributed by atoms with Crippen molar-refractivity contribution >= 4 is 17.9 Å². The molecule has 19 heavy (non-hydrogen) atoms. The normalized spacial score (nSPS) is 10.4. The Bertz CT molecular complexity index is 461. The summed E-state index contributed by atoms with van der Waals surface area (Å²) in [4.78, 5) is 23.9. The molecule has 0 heterocycles. The molecule has 0 aliphatic rings. The maximum absolute atomic E-state index is 13.9. The highest BCUT2D eigenvalue weighted by atomic mass is 19.1. The Hall–Kier alpha value is -1.91. The smallest absolute Gasteiger partial charge is 0.239 e. The van der Waals surface area contributed by atoms with E-state index in [0.29, 0.717) is 18.5 Å². The van der Waals surface area contributed by atoms with Crippen LogP contribution in [0.15, 0.2) is 18.2 Å². The predicted octanol–water partition coefficient (Wildman–Crippen LogP) is 1.99. The predicted molar refractivity (Wildman–Crippen MR) is 73.0 cm³/mol. The van der Waals surface area contributed by atoms with E-state index in [0.717, 1.165) is 0 Å². The van der Waals surface area contributed by atoms with Crippen molar-refractivity contribution in [2.45, 2.75) is 26.8 Å². The fraction of sp³-hybridized carbons (Fsp3) is 0.429. The van der Waals surface area contributed by atoms with Crippen LogP contribution in [0, 0.1) is 5.82 Å². The molecule has 1 aromatic carbocycles. The van der Waals surface area contributed by atoms with E-state index >= 15 is 0 Å². The van der Waals surface area contributed by atoms with Crippen LogP contribution >= 0.6 is 0 Å². The number of rotatable bonds is 6. The molecular weight excluding hydrogens is 247 g/mol. The van der Waals surface area contributed by atoms with Crippen LogP contribution in [0.1, 0.15) is 31.1 Å². The lowest BCUT2D eigenvalue weighted by atomic mass is 10.2. The number of aldehydes is 1. The first kappa shape index (κ1) is 15.1. The summed E-state index contributed by atoms with van der Waals surface area (Å²) in [5, 5.41) is 2.76. The van der Waals surface area contributed by atoms with Gasteiger partial charge in [-0.1, -0.05) is 0 Å². The maximum atomic E-state index is 13.9. The summed E-state index contributed by atoms with van der Waals surface area (Å²) in [5.41, 5.74) is 0.607. The van der Waals surface area contributed by atoms with Crippen molar-refractivity contribution in [3.05, 3.63) is 29.6 Å². The van der Waals surface area contributed by atoms with E-state index in [2.05, 4.69) is 5.32 Å². The molecule has 0 aliphatic heterocycles. The fourth-order valence-corrected chi connectivity index (χ4v) is 1.76. The number of nitrogens with zero attached hydrogens (tertiary/aromatic N) is 1. The quantitative estimate of drug-likeness (QED) is 0.801. The van der Waals surface area contributed by atoms with Gasteiger partial charge in [-0.25, -0.2) is 4.39 Å². The highest BCUT2D eigenvalue weighted by molar-refractivity contribution is 5.82. The lowest BCUT2D eigenvalue weighted by molar-refractivity contribution is -0.120. The first-order valence-electron chi connectivity index (χ1n) is 6.27. The summed E-state index contributed by atoms with van der Waals surface area (Å²) >= 11 is 0. The number of carbonyl (C=O) groups excluding carboxylic acids is 2. The number of nitrogens with one attached hydrogen (secondary N) is 1. The van der Waals surface area contributed by atoms with Gasteiger partial charge in [0.25, 0.3) is 0 Å². The lowest BCUT2D eigenvalue weighted by Crippen LogP contribution is -2.40.